The van der Waals surface area contributed by atoms with Gasteiger partial charge in [0.15, 0.2) is 5.78 Å². The molecule has 2 nitrogen and oxygen atoms in total. The Kier molecular flexibility index (Phi) is 5.48. The average Bonchev–Trinajstić information content (AvgIpc) is 2.46. The molecule has 20 heavy (non-hydrogen) atoms. The van der Waals surface area contributed by atoms with Crippen molar-refractivity contribution in [3.05, 3.63) is 42.0 Å². The number of Topliss-reactive ketones (excluding diaryl/α,β-unsaturated/α-hetero) is 1. The molecule has 0 N–H and O–H groups in total. The van der Waals surface area contributed by atoms with Gasteiger partial charge in [-0.15, -0.1) is 0 Å². The third kappa shape index (κ3) is 3.54. The zero-order valence-corrected chi connectivity index (χ0v) is 12.8. The number of hydrogen-bond donors (Lipinski definition) is 0. The van der Waals surface area contributed by atoms with Crippen LogP contribution in [0.15, 0.2) is 36.4 Å². The average molecular weight is 288 g/mol. The molecule has 0 aliphatic heterocycles. The fourth-order valence-electron chi connectivity index (χ4n) is 2.16. The largest absolute Gasteiger partial charge is 0.492 e. The van der Waals surface area contributed by atoms with E-state index < -0.39 is 0 Å². The van der Waals surface area contributed by atoms with E-state index in [0.717, 1.165) is 34.4 Å². The summed E-state index contributed by atoms with van der Waals surface area (Å²) in [5.74, 6) is 3.01. The van der Waals surface area contributed by atoms with Gasteiger partial charge in [-0.3, -0.25) is 4.79 Å². The van der Waals surface area contributed by atoms with Crippen LogP contribution in [-0.4, -0.2) is 23.9 Å². The van der Waals surface area contributed by atoms with E-state index in [4.69, 9.17) is 4.74 Å². The predicted octanol–water partition coefficient (Wildman–Crippen LogP) is 4.56. The van der Waals surface area contributed by atoms with E-state index in [0.29, 0.717) is 12.2 Å². The van der Waals surface area contributed by atoms with Crippen LogP contribution in [0.1, 0.15) is 30.6 Å². The molecule has 0 atom stereocenters. The van der Waals surface area contributed by atoms with Crippen LogP contribution in [0.2, 0.25) is 0 Å². The lowest BCUT2D eigenvalue weighted by Crippen LogP contribution is -2.04. The summed E-state index contributed by atoms with van der Waals surface area (Å²) in [5, 5.41) is 2.12. The van der Waals surface area contributed by atoms with Crippen LogP contribution in [0.5, 0.6) is 5.75 Å². The van der Waals surface area contributed by atoms with Gasteiger partial charge in [-0.1, -0.05) is 37.3 Å². The first-order valence-corrected chi connectivity index (χ1v) is 8.12. The van der Waals surface area contributed by atoms with Gasteiger partial charge in [-0.05, 0) is 36.3 Å². The molecule has 2 aromatic rings. The summed E-state index contributed by atoms with van der Waals surface area (Å²) in [6.45, 7) is 4.40. The minimum absolute atomic E-state index is 0.0497. The molecule has 2 aromatic carbocycles. The number of carbonyl (C=O) groups is 1. The number of thioether (sulfide) groups is 1. The van der Waals surface area contributed by atoms with E-state index in [-0.39, 0.29) is 5.78 Å². The predicted molar refractivity (Wildman–Crippen MR) is 87.1 cm³/mol. The molecule has 3 heteroatoms. The second-order valence-electron chi connectivity index (χ2n) is 4.62. The van der Waals surface area contributed by atoms with Gasteiger partial charge >= 0.3 is 0 Å². The number of hydrogen-bond acceptors (Lipinski definition) is 3. The van der Waals surface area contributed by atoms with Crippen LogP contribution in [-0.2, 0) is 0 Å². The highest BCUT2D eigenvalue weighted by Gasteiger charge is 2.12. The highest BCUT2D eigenvalue weighted by molar-refractivity contribution is 7.99. The molecule has 0 aliphatic rings. The Bertz CT molecular complexity index is 593. The van der Waals surface area contributed by atoms with Crippen molar-refractivity contribution in [1.29, 1.82) is 0 Å². The lowest BCUT2D eigenvalue weighted by molar-refractivity contribution is 0.101. The molecule has 0 spiro atoms. The van der Waals surface area contributed by atoms with Crippen LogP contribution in [0, 0.1) is 0 Å². The van der Waals surface area contributed by atoms with Gasteiger partial charge in [0, 0.05) is 5.39 Å². The second kappa shape index (κ2) is 7.34. The highest BCUT2D eigenvalue weighted by atomic mass is 32.2. The highest BCUT2D eigenvalue weighted by Crippen LogP contribution is 2.30. The normalized spacial score (nSPS) is 10.7. The van der Waals surface area contributed by atoms with Crippen LogP contribution in [0.4, 0.5) is 0 Å². The van der Waals surface area contributed by atoms with E-state index >= 15 is 0 Å². The summed E-state index contributed by atoms with van der Waals surface area (Å²) in [6, 6.07) is 11.9. The van der Waals surface area contributed by atoms with Gasteiger partial charge in [0.25, 0.3) is 0 Å². The van der Waals surface area contributed by atoms with E-state index in [9.17, 15) is 4.79 Å². The molecule has 0 saturated heterocycles. The lowest BCUT2D eigenvalue weighted by atomic mass is 10.0. The van der Waals surface area contributed by atoms with Crippen molar-refractivity contribution >= 4 is 28.3 Å². The number of benzene rings is 2. The van der Waals surface area contributed by atoms with Crippen molar-refractivity contribution in [2.24, 2.45) is 0 Å². The monoisotopic (exact) mass is 288 g/mol. The maximum atomic E-state index is 11.8. The summed E-state index contributed by atoms with van der Waals surface area (Å²) in [4.78, 5) is 11.8. The number of rotatable bonds is 7. The third-order valence-electron chi connectivity index (χ3n) is 3.14. The maximum absolute atomic E-state index is 11.8. The Morgan fingerprint density at radius 2 is 2.00 bits per heavy atom. The van der Waals surface area contributed by atoms with Crippen LogP contribution in [0.25, 0.3) is 10.8 Å². The standard InChI is InChI=1S/C17H20O2S/c1-3-20-12-6-11-19-17-15(13(2)18)10-9-14-7-4-5-8-16(14)17/h4-5,7-10H,3,6,11-12H2,1-2H3. The minimum atomic E-state index is 0.0497. The van der Waals surface area contributed by atoms with Gasteiger partial charge in [-0.25, -0.2) is 0 Å². The van der Waals surface area contributed by atoms with E-state index in [1.165, 1.54) is 0 Å². The Hall–Kier alpha value is -1.48. The fourth-order valence-corrected chi connectivity index (χ4v) is 2.77. The number of ether oxygens (including phenoxy) is 1. The summed E-state index contributed by atoms with van der Waals surface area (Å²) >= 11 is 1.91. The third-order valence-corrected chi connectivity index (χ3v) is 4.13. The van der Waals surface area contributed by atoms with Crippen LogP contribution < -0.4 is 4.74 Å². The fraction of sp³-hybridized carbons (Fsp3) is 0.353. The number of carbonyl (C=O) groups excluding carboxylic acids is 1. The van der Waals surface area contributed by atoms with Gasteiger partial charge in [0.1, 0.15) is 5.75 Å². The topological polar surface area (TPSA) is 26.3 Å². The Morgan fingerprint density at radius 1 is 1.20 bits per heavy atom. The molecule has 0 aliphatic carbocycles. The first kappa shape index (κ1) is 14.9. The molecule has 0 bridgehead atoms. The van der Waals surface area contributed by atoms with E-state index in [1.807, 2.05) is 48.2 Å². The molecular weight excluding hydrogens is 268 g/mol. The first-order valence-electron chi connectivity index (χ1n) is 6.97. The SMILES string of the molecule is CCSCCCOc1c(C(C)=O)ccc2ccccc12. The molecule has 0 radical (unpaired) electrons. The molecule has 0 fully saturated rings. The van der Waals surface area contributed by atoms with Crippen molar-refractivity contribution in [3.63, 3.8) is 0 Å². The molecule has 0 unspecified atom stereocenters. The molecule has 0 heterocycles. The van der Waals surface area contributed by atoms with Crippen LogP contribution >= 0.6 is 11.8 Å². The number of ketones is 1. The van der Waals surface area contributed by atoms with E-state index in [1.54, 1.807) is 6.92 Å². The Balaban J connectivity index is 2.23. The maximum Gasteiger partial charge on any atom is 0.163 e. The quantitative estimate of drug-likeness (QED) is 0.551. The van der Waals surface area contributed by atoms with Crippen molar-refractivity contribution < 1.29 is 9.53 Å². The molecule has 0 amide bonds. The summed E-state index contributed by atoms with van der Waals surface area (Å²) < 4.78 is 5.92. The summed E-state index contributed by atoms with van der Waals surface area (Å²) in [7, 11) is 0. The molecule has 2 rings (SSSR count). The second-order valence-corrected chi connectivity index (χ2v) is 6.01. The summed E-state index contributed by atoms with van der Waals surface area (Å²) in [6.07, 6.45) is 0.999. The zero-order chi connectivity index (χ0) is 14.4. The Morgan fingerprint density at radius 3 is 2.75 bits per heavy atom. The lowest BCUT2D eigenvalue weighted by Gasteiger charge is -2.13. The van der Waals surface area contributed by atoms with Gasteiger partial charge in [-0.2, -0.15) is 11.8 Å². The minimum Gasteiger partial charge on any atom is -0.492 e. The van der Waals surface area contributed by atoms with Crippen molar-refractivity contribution in [3.8, 4) is 5.75 Å². The number of fused-ring (bicyclic) bond motifs is 1. The van der Waals surface area contributed by atoms with Crippen molar-refractivity contribution in [1.82, 2.24) is 0 Å². The summed E-state index contributed by atoms with van der Waals surface area (Å²) in [5.41, 5.74) is 0.673. The molecule has 0 aromatic heterocycles. The van der Waals surface area contributed by atoms with Gasteiger partial charge in [0.05, 0.1) is 12.2 Å². The zero-order valence-electron chi connectivity index (χ0n) is 12.0. The molecule has 0 saturated carbocycles. The molecular formula is C17H20O2S. The Labute approximate surface area is 124 Å². The van der Waals surface area contributed by atoms with Gasteiger partial charge in [0.2, 0.25) is 0 Å². The van der Waals surface area contributed by atoms with Crippen molar-refractivity contribution in [2.45, 2.75) is 20.3 Å². The smallest absolute Gasteiger partial charge is 0.163 e. The molecule has 106 valence electrons. The van der Waals surface area contributed by atoms with Gasteiger partial charge < -0.3 is 4.74 Å². The first-order chi connectivity index (χ1) is 9.74. The van der Waals surface area contributed by atoms with Crippen LogP contribution in [0.3, 0.4) is 0 Å². The van der Waals surface area contributed by atoms with Crippen molar-refractivity contribution in [2.75, 3.05) is 18.1 Å². The van der Waals surface area contributed by atoms with E-state index in [2.05, 4.69) is 6.92 Å².